The maximum absolute atomic E-state index is 10.8. The number of aromatic nitrogens is 1. The number of aryl methyl sites for hydroxylation is 2. The van der Waals surface area contributed by atoms with Crippen LogP contribution in [0.5, 0.6) is 0 Å². The van der Waals surface area contributed by atoms with Gasteiger partial charge in [-0.3, -0.25) is 0 Å². The van der Waals surface area contributed by atoms with E-state index in [1.165, 1.54) is 16.9 Å². The van der Waals surface area contributed by atoms with Gasteiger partial charge < -0.3 is 10.4 Å². The summed E-state index contributed by atoms with van der Waals surface area (Å²) < 4.78 is 1.83. The molecule has 0 spiro atoms. The molecule has 1 aromatic carbocycles. The number of anilines is 1. The Morgan fingerprint density at radius 1 is 1.08 bits per heavy atom. The van der Waals surface area contributed by atoms with Gasteiger partial charge in [0, 0.05) is 17.8 Å². The van der Waals surface area contributed by atoms with Crippen LogP contribution in [0.4, 0.5) is 5.69 Å². The molecule has 0 aliphatic rings. The van der Waals surface area contributed by atoms with E-state index in [4.69, 9.17) is 12.2 Å². The number of nitrogens with one attached hydrogen (secondary N) is 1. The van der Waals surface area contributed by atoms with Gasteiger partial charge in [-0.1, -0.05) is 42.0 Å². The molecule has 2 aromatic heterocycles. The molecule has 25 heavy (non-hydrogen) atoms. The lowest BCUT2D eigenvalue weighted by Crippen LogP contribution is -2.38. The van der Waals surface area contributed by atoms with Gasteiger partial charge in [0.15, 0.2) is 17.4 Å². The number of rotatable bonds is 4. The molecule has 0 amide bonds. The van der Waals surface area contributed by atoms with E-state index in [0.29, 0.717) is 10.7 Å². The maximum atomic E-state index is 10.8. The average Bonchev–Trinajstić information content (AvgIpc) is 3.13. The minimum Gasteiger partial charge on any atom is -0.501 e. The molecule has 3 rings (SSSR count). The molecule has 0 unspecified atom stereocenters. The first-order chi connectivity index (χ1) is 12.1. The summed E-state index contributed by atoms with van der Waals surface area (Å²) in [5.41, 5.74) is 3.79. The Hall–Kier alpha value is -2.50. The Kier molecular flexibility index (Phi) is 5.26. The fourth-order valence-electron chi connectivity index (χ4n) is 2.56. The van der Waals surface area contributed by atoms with Gasteiger partial charge in [0.05, 0.1) is 4.88 Å². The number of benzene rings is 1. The molecule has 3 aromatic rings. The number of hydrogen-bond acceptors (Lipinski definition) is 3. The fourth-order valence-corrected chi connectivity index (χ4v) is 3.54. The highest BCUT2D eigenvalue weighted by Gasteiger charge is 2.24. The summed E-state index contributed by atoms with van der Waals surface area (Å²) in [5, 5.41) is 16.0. The molecule has 5 heteroatoms. The van der Waals surface area contributed by atoms with Crippen molar-refractivity contribution in [2.24, 2.45) is 0 Å². The summed E-state index contributed by atoms with van der Waals surface area (Å²) in [5.74, 6) is 0.161. The molecule has 3 nitrogen and oxygen atoms in total. The molecule has 2 N–H and O–H groups in total. The molecule has 126 valence electrons. The zero-order valence-corrected chi connectivity index (χ0v) is 15.7. The van der Waals surface area contributed by atoms with Gasteiger partial charge in [-0.15, -0.1) is 11.3 Å². The number of hydrogen-bond donors (Lipinski definition) is 2. The second-order valence-electron chi connectivity index (χ2n) is 5.73. The van der Waals surface area contributed by atoms with E-state index in [9.17, 15) is 5.11 Å². The Labute approximate surface area is 156 Å². The van der Waals surface area contributed by atoms with Gasteiger partial charge in [0.25, 0.3) is 5.70 Å². The van der Waals surface area contributed by atoms with E-state index in [1.54, 1.807) is 0 Å². The summed E-state index contributed by atoms with van der Waals surface area (Å²) in [6, 6.07) is 15.7. The molecular weight excluding hydrogens is 348 g/mol. The largest absolute Gasteiger partial charge is 0.501 e. The topological polar surface area (TPSA) is 36.1 Å². The van der Waals surface area contributed by atoms with Crippen LogP contribution in [0.25, 0.3) is 11.5 Å². The van der Waals surface area contributed by atoms with Crippen molar-refractivity contribution >= 4 is 45.7 Å². The number of thiocarbonyl (C=S) groups is 1. The Morgan fingerprint density at radius 3 is 2.48 bits per heavy atom. The van der Waals surface area contributed by atoms with Crippen LogP contribution >= 0.6 is 23.6 Å². The predicted molar refractivity (Wildman–Crippen MR) is 109 cm³/mol. The van der Waals surface area contributed by atoms with E-state index in [0.717, 1.165) is 16.1 Å². The second kappa shape index (κ2) is 7.59. The van der Waals surface area contributed by atoms with Gasteiger partial charge >= 0.3 is 0 Å². The number of thiophene rings is 1. The van der Waals surface area contributed by atoms with Crippen LogP contribution in [0.15, 0.2) is 66.3 Å². The lowest BCUT2D eigenvalue weighted by molar-refractivity contribution is -0.575. The second-order valence-corrected chi connectivity index (χ2v) is 7.09. The van der Waals surface area contributed by atoms with Crippen molar-refractivity contribution in [1.82, 2.24) is 0 Å². The van der Waals surface area contributed by atoms with E-state index in [-0.39, 0.29) is 5.76 Å². The van der Waals surface area contributed by atoms with E-state index in [2.05, 4.69) is 18.3 Å². The van der Waals surface area contributed by atoms with Crippen LogP contribution in [-0.4, -0.2) is 10.1 Å². The van der Waals surface area contributed by atoms with Crippen molar-refractivity contribution in [3.8, 4) is 0 Å². The molecule has 0 aliphatic heterocycles. The van der Waals surface area contributed by atoms with E-state index in [1.807, 2.05) is 71.7 Å². The quantitative estimate of drug-likeness (QED) is 0.296. The molecule has 2 heterocycles. The normalized spacial score (nSPS) is 11.8. The first-order valence-electron chi connectivity index (χ1n) is 7.88. The first-order valence-corrected chi connectivity index (χ1v) is 9.17. The van der Waals surface area contributed by atoms with Crippen LogP contribution in [0.3, 0.4) is 0 Å². The molecule has 0 radical (unpaired) electrons. The van der Waals surface area contributed by atoms with Crippen molar-refractivity contribution in [2.45, 2.75) is 13.8 Å². The molecule has 0 fully saturated rings. The van der Waals surface area contributed by atoms with Crippen molar-refractivity contribution in [2.75, 3.05) is 5.32 Å². The first kappa shape index (κ1) is 17.3. The van der Waals surface area contributed by atoms with Crippen LogP contribution in [0.1, 0.15) is 16.0 Å². The van der Waals surface area contributed by atoms with Gasteiger partial charge in [-0.2, -0.15) is 4.57 Å². The molecule has 0 atom stereocenters. The highest BCUT2D eigenvalue weighted by Crippen LogP contribution is 2.24. The van der Waals surface area contributed by atoms with Gasteiger partial charge in [-0.05, 0) is 36.9 Å². The molecule has 0 aliphatic carbocycles. The SMILES string of the molecule is Cc1ccc(NC(=S)/C(=C(\O)c2cccs2)[n+]2ccccc2)c(C)c1. The predicted octanol–water partition coefficient (Wildman–Crippen LogP) is 4.98. The third-order valence-electron chi connectivity index (χ3n) is 3.80. The third-order valence-corrected chi connectivity index (χ3v) is 4.97. The summed E-state index contributed by atoms with van der Waals surface area (Å²) in [4.78, 5) is 1.24. The summed E-state index contributed by atoms with van der Waals surface area (Å²) in [6.45, 7) is 4.10. The van der Waals surface area contributed by atoms with Crippen molar-refractivity contribution < 1.29 is 9.67 Å². The summed E-state index contributed by atoms with van der Waals surface area (Å²) in [7, 11) is 0. The Bertz CT molecular complexity index is 916. The molecule has 0 saturated heterocycles. The number of aliphatic hydroxyl groups excluding tert-OH is 1. The van der Waals surface area contributed by atoms with Gasteiger partial charge in [-0.25, -0.2) is 0 Å². The fraction of sp³-hybridized carbons (Fsp3) is 0.100. The maximum Gasteiger partial charge on any atom is 0.289 e. The summed E-state index contributed by atoms with van der Waals surface area (Å²) in [6.07, 6.45) is 3.74. The zero-order chi connectivity index (χ0) is 17.8. The lowest BCUT2D eigenvalue weighted by atomic mass is 10.1. The highest BCUT2D eigenvalue weighted by molar-refractivity contribution is 7.81. The highest BCUT2D eigenvalue weighted by atomic mass is 32.1. The van der Waals surface area contributed by atoms with E-state index >= 15 is 0 Å². The van der Waals surface area contributed by atoms with Crippen molar-refractivity contribution in [3.05, 3.63) is 82.3 Å². The molecule has 0 bridgehead atoms. The lowest BCUT2D eigenvalue weighted by Gasteiger charge is -2.12. The summed E-state index contributed by atoms with van der Waals surface area (Å²) >= 11 is 7.11. The monoisotopic (exact) mass is 367 g/mol. The third kappa shape index (κ3) is 3.95. The zero-order valence-electron chi connectivity index (χ0n) is 14.1. The van der Waals surface area contributed by atoms with Crippen LogP contribution < -0.4 is 9.88 Å². The van der Waals surface area contributed by atoms with Crippen LogP contribution in [-0.2, 0) is 0 Å². The number of nitrogens with zero attached hydrogens (tertiary/aromatic N) is 1. The van der Waals surface area contributed by atoms with Crippen molar-refractivity contribution in [1.29, 1.82) is 0 Å². The smallest absolute Gasteiger partial charge is 0.289 e. The number of aliphatic hydroxyl groups is 1. The average molecular weight is 368 g/mol. The molecule has 0 saturated carbocycles. The number of pyridine rings is 1. The minimum atomic E-state index is 0.161. The Balaban J connectivity index is 2.03. The van der Waals surface area contributed by atoms with Crippen LogP contribution in [0.2, 0.25) is 0 Å². The standard InChI is InChI=1S/C20H18N2OS2/c1-14-8-9-16(15(2)13-14)21-20(24)18(22-10-4-3-5-11-22)19(23)17-7-6-12-25-17/h3-13H,1-2H3,(H-,21,23,24)/p+1. The Morgan fingerprint density at radius 2 is 1.84 bits per heavy atom. The molecular formula is C20H19N2OS2+. The minimum absolute atomic E-state index is 0.161. The van der Waals surface area contributed by atoms with Gasteiger partial charge in [0.1, 0.15) is 0 Å². The van der Waals surface area contributed by atoms with E-state index < -0.39 is 0 Å². The van der Waals surface area contributed by atoms with Crippen LogP contribution in [0, 0.1) is 13.8 Å². The van der Waals surface area contributed by atoms with Crippen molar-refractivity contribution in [3.63, 3.8) is 0 Å². The van der Waals surface area contributed by atoms with Gasteiger partial charge in [0.2, 0.25) is 5.76 Å².